The molecule has 0 saturated carbocycles. The fourth-order valence-electron chi connectivity index (χ4n) is 3.05. The fourth-order valence-corrected chi connectivity index (χ4v) is 3.05. The predicted molar refractivity (Wildman–Crippen MR) is 101 cm³/mol. The molecule has 25 heavy (non-hydrogen) atoms. The molecule has 1 saturated heterocycles. The van der Waals surface area contributed by atoms with Gasteiger partial charge < -0.3 is 9.47 Å². The second-order valence-electron chi connectivity index (χ2n) is 6.33. The Morgan fingerprint density at radius 1 is 1.20 bits per heavy atom. The number of hydrogen-bond donors (Lipinski definition) is 0. The van der Waals surface area contributed by atoms with Gasteiger partial charge in [0.25, 0.3) is 0 Å². The number of likely N-dealkylation sites (tertiary alicyclic amines) is 1. The zero-order chi connectivity index (χ0) is 17.3. The van der Waals surface area contributed by atoms with E-state index >= 15 is 0 Å². The number of pyridine rings is 1. The summed E-state index contributed by atoms with van der Waals surface area (Å²) in [6.07, 6.45) is 8.82. The van der Waals surface area contributed by atoms with E-state index in [2.05, 4.69) is 34.2 Å². The van der Waals surface area contributed by atoms with Gasteiger partial charge in [-0.05, 0) is 49.2 Å². The van der Waals surface area contributed by atoms with E-state index in [-0.39, 0.29) is 0 Å². The molecule has 1 aromatic carbocycles. The molecule has 1 aliphatic heterocycles. The first-order valence-corrected chi connectivity index (χ1v) is 8.88. The minimum absolute atomic E-state index is 0.296. The molecule has 3 rings (SSSR count). The van der Waals surface area contributed by atoms with Crippen LogP contribution in [0.4, 0.5) is 0 Å². The maximum Gasteiger partial charge on any atom is 0.118 e. The number of benzene rings is 1. The maximum atomic E-state index is 6.05. The molecule has 0 radical (unpaired) electrons. The minimum atomic E-state index is 0.296. The van der Waals surface area contributed by atoms with Crippen molar-refractivity contribution in [2.75, 3.05) is 26.7 Å². The van der Waals surface area contributed by atoms with E-state index in [4.69, 9.17) is 9.47 Å². The van der Waals surface area contributed by atoms with E-state index < -0.39 is 0 Å². The SMILES string of the molecule is COc1ccc(/C=C/CN2CCCC(OCc3ccccn3)C2)cc1. The van der Waals surface area contributed by atoms with Crippen molar-refractivity contribution in [3.63, 3.8) is 0 Å². The average Bonchev–Trinajstić information content (AvgIpc) is 2.68. The highest BCUT2D eigenvalue weighted by molar-refractivity contribution is 5.50. The highest BCUT2D eigenvalue weighted by Gasteiger charge is 2.19. The molecule has 0 amide bonds. The van der Waals surface area contributed by atoms with Gasteiger partial charge in [-0.25, -0.2) is 0 Å². The van der Waals surface area contributed by atoms with Gasteiger partial charge in [0.05, 0.1) is 25.5 Å². The number of methoxy groups -OCH3 is 1. The Bertz CT molecular complexity index is 655. The molecule has 4 nitrogen and oxygen atoms in total. The zero-order valence-corrected chi connectivity index (χ0v) is 14.8. The molecule has 0 spiro atoms. The van der Waals surface area contributed by atoms with Crippen LogP contribution in [0.25, 0.3) is 6.08 Å². The summed E-state index contributed by atoms with van der Waals surface area (Å²) in [5.41, 5.74) is 2.19. The summed E-state index contributed by atoms with van der Waals surface area (Å²) in [6, 6.07) is 14.1. The largest absolute Gasteiger partial charge is 0.497 e. The van der Waals surface area contributed by atoms with Gasteiger partial charge in [-0.15, -0.1) is 0 Å². The Balaban J connectivity index is 1.43. The third-order valence-electron chi connectivity index (χ3n) is 4.45. The van der Waals surface area contributed by atoms with Gasteiger partial charge in [-0.3, -0.25) is 9.88 Å². The lowest BCUT2D eigenvalue weighted by molar-refractivity contribution is -0.00834. The lowest BCUT2D eigenvalue weighted by atomic mass is 10.1. The van der Waals surface area contributed by atoms with Crippen LogP contribution in [0.3, 0.4) is 0 Å². The summed E-state index contributed by atoms with van der Waals surface area (Å²) in [5.74, 6) is 0.890. The minimum Gasteiger partial charge on any atom is -0.497 e. The number of aromatic nitrogens is 1. The number of hydrogen-bond acceptors (Lipinski definition) is 4. The van der Waals surface area contributed by atoms with E-state index in [0.717, 1.165) is 37.5 Å². The third-order valence-corrected chi connectivity index (χ3v) is 4.45. The van der Waals surface area contributed by atoms with E-state index in [1.54, 1.807) is 7.11 Å². The number of ether oxygens (including phenoxy) is 2. The monoisotopic (exact) mass is 338 g/mol. The van der Waals surface area contributed by atoms with Gasteiger partial charge in [-0.1, -0.05) is 30.4 Å². The van der Waals surface area contributed by atoms with Crippen molar-refractivity contribution < 1.29 is 9.47 Å². The van der Waals surface area contributed by atoms with Crippen LogP contribution in [0.5, 0.6) is 5.75 Å². The predicted octanol–water partition coefficient (Wildman–Crippen LogP) is 3.78. The quantitative estimate of drug-likeness (QED) is 0.769. The Morgan fingerprint density at radius 3 is 2.84 bits per heavy atom. The standard InChI is InChI=1S/C21H26N2O2/c1-24-20-11-9-18(10-12-20)6-4-14-23-15-5-8-21(16-23)25-17-19-7-2-3-13-22-19/h2-4,6-7,9-13,21H,5,8,14-17H2,1H3/b6-4+. The average molecular weight is 338 g/mol. The van der Waals surface area contributed by atoms with E-state index in [9.17, 15) is 0 Å². The summed E-state index contributed by atoms with van der Waals surface area (Å²) >= 11 is 0. The van der Waals surface area contributed by atoms with Crippen molar-refractivity contribution >= 4 is 6.08 Å². The van der Waals surface area contributed by atoms with Gasteiger partial charge in [0.15, 0.2) is 0 Å². The molecule has 2 aromatic rings. The summed E-state index contributed by atoms with van der Waals surface area (Å²) in [5, 5.41) is 0. The Hall–Kier alpha value is -2.17. The van der Waals surface area contributed by atoms with Crippen molar-refractivity contribution in [2.45, 2.75) is 25.6 Å². The molecule has 1 aromatic heterocycles. The topological polar surface area (TPSA) is 34.6 Å². The van der Waals surface area contributed by atoms with Gasteiger partial charge >= 0.3 is 0 Å². The van der Waals surface area contributed by atoms with Gasteiger partial charge in [0, 0.05) is 19.3 Å². The van der Waals surface area contributed by atoms with Crippen LogP contribution in [0.15, 0.2) is 54.7 Å². The highest BCUT2D eigenvalue weighted by atomic mass is 16.5. The van der Waals surface area contributed by atoms with Crippen LogP contribution >= 0.6 is 0 Å². The number of nitrogens with zero attached hydrogens (tertiary/aromatic N) is 2. The molecule has 1 aliphatic rings. The molecule has 0 aliphatic carbocycles. The maximum absolute atomic E-state index is 6.05. The third kappa shape index (κ3) is 5.69. The van der Waals surface area contributed by atoms with Crippen LogP contribution in [0.2, 0.25) is 0 Å². The van der Waals surface area contributed by atoms with Crippen LogP contribution in [0, 0.1) is 0 Å². The van der Waals surface area contributed by atoms with Crippen molar-refractivity contribution in [1.29, 1.82) is 0 Å². The lowest BCUT2D eigenvalue weighted by Gasteiger charge is -2.31. The first-order valence-electron chi connectivity index (χ1n) is 8.88. The molecule has 0 bridgehead atoms. The highest BCUT2D eigenvalue weighted by Crippen LogP contribution is 2.16. The van der Waals surface area contributed by atoms with Gasteiger partial charge in [0.2, 0.25) is 0 Å². The number of piperidine rings is 1. The van der Waals surface area contributed by atoms with Gasteiger partial charge in [-0.2, -0.15) is 0 Å². The lowest BCUT2D eigenvalue weighted by Crippen LogP contribution is -2.39. The summed E-state index contributed by atoms with van der Waals surface area (Å²) < 4.78 is 11.2. The van der Waals surface area contributed by atoms with Gasteiger partial charge in [0.1, 0.15) is 5.75 Å². The first-order chi connectivity index (χ1) is 12.3. The Kier molecular flexibility index (Phi) is 6.60. The molecular weight excluding hydrogens is 312 g/mol. The normalized spacial score (nSPS) is 18.5. The van der Waals surface area contributed by atoms with Crippen LogP contribution in [0.1, 0.15) is 24.1 Å². The molecule has 0 N–H and O–H groups in total. The smallest absolute Gasteiger partial charge is 0.118 e. The Labute approximate surface area is 150 Å². The van der Waals surface area contributed by atoms with E-state index in [1.807, 2.05) is 36.5 Å². The molecule has 1 unspecified atom stereocenters. The van der Waals surface area contributed by atoms with Crippen molar-refractivity contribution in [1.82, 2.24) is 9.88 Å². The summed E-state index contributed by atoms with van der Waals surface area (Å²) in [6.45, 7) is 3.67. The molecule has 1 atom stereocenters. The zero-order valence-electron chi connectivity index (χ0n) is 14.8. The molecule has 1 fully saturated rings. The van der Waals surface area contributed by atoms with Crippen LogP contribution < -0.4 is 4.74 Å². The summed E-state index contributed by atoms with van der Waals surface area (Å²) in [4.78, 5) is 6.77. The van der Waals surface area contributed by atoms with Crippen LogP contribution in [-0.4, -0.2) is 42.7 Å². The molecule has 132 valence electrons. The second kappa shape index (κ2) is 9.35. The Morgan fingerprint density at radius 2 is 2.08 bits per heavy atom. The molecule has 4 heteroatoms. The number of rotatable bonds is 7. The van der Waals surface area contributed by atoms with Crippen molar-refractivity contribution in [3.05, 3.63) is 66.0 Å². The first kappa shape index (κ1) is 17.6. The molecular formula is C21H26N2O2. The fraction of sp³-hybridized carbons (Fsp3) is 0.381. The molecule has 2 heterocycles. The van der Waals surface area contributed by atoms with Crippen LogP contribution in [-0.2, 0) is 11.3 Å². The van der Waals surface area contributed by atoms with Crippen molar-refractivity contribution in [2.24, 2.45) is 0 Å². The van der Waals surface area contributed by atoms with E-state index in [0.29, 0.717) is 12.7 Å². The van der Waals surface area contributed by atoms with E-state index in [1.165, 1.54) is 12.0 Å². The summed E-state index contributed by atoms with van der Waals surface area (Å²) in [7, 11) is 1.69. The second-order valence-corrected chi connectivity index (χ2v) is 6.33. The van der Waals surface area contributed by atoms with Crippen molar-refractivity contribution in [3.8, 4) is 5.75 Å².